The molecule has 0 aliphatic rings. The molecule has 3 N–H and O–H groups in total. The summed E-state index contributed by atoms with van der Waals surface area (Å²) in [4.78, 5) is -0.0413. The van der Waals surface area contributed by atoms with Crippen molar-refractivity contribution in [3.63, 3.8) is 0 Å². The van der Waals surface area contributed by atoms with Gasteiger partial charge in [-0.15, -0.1) is 0 Å². The van der Waals surface area contributed by atoms with Crippen LogP contribution in [0.1, 0.15) is 11.1 Å². The second-order valence-electron chi connectivity index (χ2n) is 6.46. The van der Waals surface area contributed by atoms with Gasteiger partial charge in [-0.1, -0.05) is 48.5 Å². The highest BCUT2D eigenvalue weighted by atomic mass is 32.2. The Morgan fingerprint density at radius 2 is 1.28 bits per heavy atom. The van der Waals surface area contributed by atoms with Gasteiger partial charge in [0.2, 0.25) is 19.9 Å². The maximum atomic E-state index is 12.7. The van der Waals surface area contributed by atoms with Crippen LogP contribution >= 0.6 is 0 Å². The molecule has 0 spiro atoms. The Bertz CT molecular complexity index is 1170. The normalized spacial score (nSPS) is 12.0. The third-order valence-electron chi connectivity index (χ3n) is 4.44. The van der Waals surface area contributed by atoms with Gasteiger partial charge in [0.1, 0.15) is 0 Å². The first-order valence-corrected chi connectivity index (χ1v) is 12.0. The molecule has 8 heteroatoms. The highest BCUT2D eigenvalue weighted by Gasteiger charge is 2.21. The number of sulfonamides is 1. The predicted molar refractivity (Wildman–Crippen MR) is 112 cm³/mol. The number of benzene rings is 3. The molecule has 0 unspecified atom stereocenters. The fourth-order valence-corrected chi connectivity index (χ4v) is 5.28. The molecule has 0 aliphatic heterocycles. The highest BCUT2D eigenvalue weighted by Crippen LogP contribution is 2.23. The van der Waals surface area contributed by atoms with Crippen LogP contribution in [0.3, 0.4) is 0 Å². The zero-order chi connectivity index (χ0) is 20.9. The monoisotopic (exact) mass is 430 g/mol. The molecular formula is C21H22N2O4S2. The molecule has 29 heavy (non-hydrogen) atoms. The van der Waals surface area contributed by atoms with Gasteiger partial charge in [-0.3, -0.25) is 0 Å². The van der Waals surface area contributed by atoms with E-state index >= 15 is 0 Å². The Balaban J connectivity index is 1.74. The maximum absolute atomic E-state index is 12.7. The molecule has 0 aliphatic carbocycles. The minimum absolute atomic E-state index is 0.0658. The standard InChI is InChI=1S/C21H22N2O4S2/c22-16-18-11-9-17(10-12-18)13-14-23-29(26,27)21-8-4-7-20(15-21)28(24,25)19-5-2-1-3-6-19/h1-12,15,23H,13-14,16,22H2. The molecule has 6 nitrogen and oxygen atoms in total. The van der Waals surface area contributed by atoms with Crippen molar-refractivity contribution in [1.29, 1.82) is 0 Å². The molecule has 0 amide bonds. The number of hydrogen-bond acceptors (Lipinski definition) is 5. The average Bonchev–Trinajstić information content (AvgIpc) is 2.75. The van der Waals surface area contributed by atoms with Crippen molar-refractivity contribution < 1.29 is 16.8 Å². The summed E-state index contributed by atoms with van der Waals surface area (Å²) in [7, 11) is -7.64. The van der Waals surface area contributed by atoms with E-state index in [1.807, 2.05) is 24.3 Å². The third-order valence-corrected chi connectivity index (χ3v) is 7.67. The Labute approximate surface area is 171 Å². The summed E-state index contributed by atoms with van der Waals surface area (Å²) < 4.78 is 53.2. The van der Waals surface area contributed by atoms with Gasteiger partial charge < -0.3 is 5.73 Å². The second-order valence-corrected chi connectivity index (χ2v) is 10.2. The lowest BCUT2D eigenvalue weighted by molar-refractivity contribution is 0.581. The van der Waals surface area contributed by atoms with Gasteiger partial charge >= 0.3 is 0 Å². The molecule has 0 saturated carbocycles. The number of nitrogens with two attached hydrogens (primary N) is 1. The highest BCUT2D eigenvalue weighted by molar-refractivity contribution is 7.91. The van der Waals surface area contributed by atoms with Gasteiger partial charge in [0.15, 0.2) is 0 Å². The zero-order valence-electron chi connectivity index (χ0n) is 15.7. The van der Waals surface area contributed by atoms with E-state index in [1.54, 1.807) is 18.2 Å². The van der Waals surface area contributed by atoms with Gasteiger partial charge in [0.05, 0.1) is 14.7 Å². The summed E-state index contributed by atoms with van der Waals surface area (Å²) in [6.07, 6.45) is 0.506. The number of nitrogens with one attached hydrogen (secondary N) is 1. The molecule has 0 fully saturated rings. The molecule has 0 heterocycles. The molecule has 0 radical (unpaired) electrons. The lowest BCUT2D eigenvalue weighted by Crippen LogP contribution is -2.26. The van der Waals surface area contributed by atoms with E-state index in [0.717, 1.165) is 11.1 Å². The van der Waals surface area contributed by atoms with Crippen molar-refractivity contribution in [2.45, 2.75) is 27.7 Å². The van der Waals surface area contributed by atoms with Crippen molar-refractivity contribution in [2.24, 2.45) is 5.73 Å². The van der Waals surface area contributed by atoms with Crippen LogP contribution in [0, 0.1) is 0 Å². The van der Waals surface area contributed by atoms with E-state index in [2.05, 4.69) is 4.72 Å². The lowest BCUT2D eigenvalue weighted by atomic mass is 10.1. The van der Waals surface area contributed by atoms with Gasteiger partial charge in [0.25, 0.3) is 0 Å². The largest absolute Gasteiger partial charge is 0.326 e. The molecule has 0 atom stereocenters. The summed E-state index contributed by atoms with van der Waals surface area (Å²) in [5.41, 5.74) is 7.55. The molecule has 3 aromatic rings. The molecule has 0 bridgehead atoms. The summed E-state index contributed by atoms with van der Waals surface area (Å²) in [6, 6.07) is 20.9. The summed E-state index contributed by atoms with van der Waals surface area (Å²) in [5.74, 6) is 0. The van der Waals surface area contributed by atoms with Crippen LogP contribution in [0.15, 0.2) is 93.5 Å². The Kier molecular flexibility index (Phi) is 6.49. The minimum atomic E-state index is -3.84. The first-order chi connectivity index (χ1) is 13.8. The molecule has 0 saturated heterocycles. The van der Waals surface area contributed by atoms with Crippen LogP contribution < -0.4 is 10.5 Å². The maximum Gasteiger partial charge on any atom is 0.240 e. The van der Waals surface area contributed by atoms with E-state index in [1.165, 1.54) is 36.4 Å². The van der Waals surface area contributed by atoms with Gasteiger partial charge in [-0.2, -0.15) is 0 Å². The van der Waals surface area contributed by atoms with Crippen molar-refractivity contribution in [3.05, 3.63) is 90.0 Å². The summed E-state index contributed by atoms with van der Waals surface area (Å²) >= 11 is 0. The first kappa shape index (κ1) is 21.2. The quantitative estimate of drug-likeness (QED) is 0.571. The Hall–Kier alpha value is -2.52. The van der Waals surface area contributed by atoms with Crippen LogP contribution in [0.2, 0.25) is 0 Å². The minimum Gasteiger partial charge on any atom is -0.326 e. The Morgan fingerprint density at radius 3 is 1.93 bits per heavy atom. The molecule has 3 rings (SSSR count). The predicted octanol–water partition coefficient (Wildman–Crippen LogP) is 2.50. The van der Waals surface area contributed by atoms with E-state index in [4.69, 9.17) is 5.73 Å². The fourth-order valence-electron chi connectivity index (χ4n) is 2.80. The third kappa shape index (κ3) is 5.10. The van der Waals surface area contributed by atoms with E-state index in [0.29, 0.717) is 13.0 Å². The second kappa shape index (κ2) is 8.87. The molecule has 152 valence electrons. The van der Waals surface area contributed by atoms with E-state index in [-0.39, 0.29) is 21.2 Å². The molecular weight excluding hydrogens is 408 g/mol. The molecule has 0 aromatic heterocycles. The number of rotatable bonds is 8. The molecule has 3 aromatic carbocycles. The van der Waals surface area contributed by atoms with Gasteiger partial charge in [0, 0.05) is 13.1 Å². The van der Waals surface area contributed by atoms with E-state index < -0.39 is 19.9 Å². The van der Waals surface area contributed by atoms with E-state index in [9.17, 15) is 16.8 Å². The van der Waals surface area contributed by atoms with Crippen molar-refractivity contribution in [1.82, 2.24) is 4.72 Å². The van der Waals surface area contributed by atoms with Gasteiger partial charge in [-0.05, 0) is 47.9 Å². The summed E-state index contributed by atoms with van der Waals surface area (Å²) in [5, 5.41) is 0. The van der Waals surface area contributed by atoms with Crippen LogP contribution in [-0.4, -0.2) is 23.4 Å². The van der Waals surface area contributed by atoms with Crippen LogP contribution in [0.4, 0.5) is 0 Å². The Morgan fingerprint density at radius 1 is 0.690 bits per heavy atom. The summed E-state index contributed by atoms with van der Waals surface area (Å²) in [6.45, 7) is 0.648. The first-order valence-electron chi connectivity index (χ1n) is 9.01. The zero-order valence-corrected chi connectivity index (χ0v) is 17.3. The lowest BCUT2D eigenvalue weighted by Gasteiger charge is -2.10. The fraction of sp³-hybridized carbons (Fsp3) is 0.143. The number of hydrogen-bond donors (Lipinski definition) is 2. The topological polar surface area (TPSA) is 106 Å². The van der Waals surface area contributed by atoms with Crippen molar-refractivity contribution in [3.8, 4) is 0 Å². The SMILES string of the molecule is NCc1ccc(CCNS(=O)(=O)c2cccc(S(=O)(=O)c3ccccc3)c2)cc1. The van der Waals surface area contributed by atoms with Crippen molar-refractivity contribution in [2.75, 3.05) is 6.54 Å². The smallest absolute Gasteiger partial charge is 0.240 e. The van der Waals surface area contributed by atoms with Crippen LogP contribution in [-0.2, 0) is 32.8 Å². The average molecular weight is 431 g/mol. The number of sulfone groups is 1. The van der Waals surface area contributed by atoms with Gasteiger partial charge in [-0.25, -0.2) is 21.6 Å². The van der Waals surface area contributed by atoms with Crippen LogP contribution in [0.5, 0.6) is 0 Å². The van der Waals surface area contributed by atoms with Crippen molar-refractivity contribution >= 4 is 19.9 Å². The van der Waals surface area contributed by atoms with Crippen LogP contribution in [0.25, 0.3) is 0 Å².